The molecule has 1 amide bonds. The molecule has 1 aromatic heterocycles. The van der Waals surface area contributed by atoms with Crippen molar-refractivity contribution in [1.82, 2.24) is 4.90 Å². The SMILES string of the molecule is C=C(/C=C1/OCC2CC(C(C)C)(C(C)C)CCN2C(=O)/C1=C/C)c1cccc2sccc12. The molecule has 0 aliphatic carbocycles. The summed E-state index contributed by atoms with van der Waals surface area (Å²) >= 11 is 1.73. The minimum absolute atomic E-state index is 0.0869. The average molecular weight is 450 g/mol. The van der Waals surface area contributed by atoms with E-state index in [2.05, 4.69) is 68.8 Å². The lowest BCUT2D eigenvalue weighted by Gasteiger charge is -2.50. The van der Waals surface area contributed by atoms with Gasteiger partial charge < -0.3 is 9.64 Å². The number of rotatable bonds is 4. The predicted octanol–water partition coefficient (Wildman–Crippen LogP) is 7.06. The number of ether oxygens (including phenoxy) is 1. The van der Waals surface area contributed by atoms with Gasteiger partial charge in [-0.1, -0.05) is 52.5 Å². The second kappa shape index (κ2) is 8.90. The van der Waals surface area contributed by atoms with Crippen LogP contribution in [-0.2, 0) is 9.53 Å². The van der Waals surface area contributed by atoms with Crippen LogP contribution >= 0.6 is 11.3 Å². The monoisotopic (exact) mass is 449 g/mol. The molecule has 0 N–H and O–H groups in total. The smallest absolute Gasteiger partial charge is 0.257 e. The molecule has 3 heterocycles. The number of thiophene rings is 1. The molecule has 3 nitrogen and oxygen atoms in total. The standard InChI is InChI=1S/C28H35NO2S/c1-7-22-25(15-20(6)23-9-8-10-26-24(23)11-14-32-26)31-17-21-16-28(18(2)3,19(4)5)12-13-29(21)27(22)30/h7-11,14-15,18-19,21H,6,12-13,16-17H2,1-5H3/b22-7+,25-15+. The summed E-state index contributed by atoms with van der Waals surface area (Å²) in [5.41, 5.74) is 2.85. The van der Waals surface area contributed by atoms with Gasteiger partial charge in [-0.25, -0.2) is 0 Å². The van der Waals surface area contributed by atoms with E-state index in [1.54, 1.807) is 11.3 Å². The van der Waals surface area contributed by atoms with E-state index in [1.807, 2.05) is 19.1 Å². The molecular weight excluding hydrogens is 414 g/mol. The quantitative estimate of drug-likeness (QED) is 0.467. The Morgan fingerprint density at radius 1 is 1.25 bits per heavy atom. The van der Waals surface area contributed by atoms with Crippen molar-refractivity contribution in [3.63, 3.8) is 0 Å². The Bertz CT molecular complexity index is 1080. The molecule has 0 spiro atoms. The molecule has 4 heteroatoms. The van der Waals surface area contributed by atoms with Gasteiger partial charge in [0.05, 0.1) is 11.6 Å². The molecule has 4 rings (SSSR count). The van der Waals surface area contributed by atoms with E-state index in [-0.39, 0.29) is 17.4 Å². The average Bonchev–Trinajstić information content (AvgIpc) is 3.21. The number of benzene rings is 1. The van der Waals surface area contributed by atoms with Crippen molar-refractivity contribution in [1.29, 1.82) is 0 Å². The van der Waals surface area contributed by atoms with Crippen LogP contribution in [0.1, 0.15) is 53.0 Å². The Kier molecular flexibility index (Phi) is 6.35. The lowest BCUT2D eigenvalue weighted by Crippen LogP contribution is -2.53. The maximum absolute atomic E-state index is 13.6. The highest BCUT2D eigenvalue weighted by atomic mass is 32.1. The summed E-state index contributed by atoms with van der Waals surface area (Å²) in [5.74, 6) is 1.88. The van der Waals surface area contributed by atoms with Crippen molar-refractivity contribution in [3.8, 4) is 0 Å². The largest absolute Gasteiger partial charge is 0.491 e. The summed E-state index contributed by atoms with van der Waals surface area (Å²) in [6, 6.07) is 8.51. The van der Waals surface area contributed by atoms with Gasteiger partial charge in [0.2, 0.25) is 0 Å². The third-order valence-corrected chi connectivity index (χ3v) is 8.68. The second-order valence-electron chi connectivity index (χ2n) is 9.83. The van der Waals surface area contributed by atoms with Crippen molar-refractivity contribution in [3.05, 3.63) is 65.3 Å². The molecule has 1 aromatic carbocycles. The molecule has 0 radical (unpaired) electrons. The summed E-state index contributed by atoms with van der Waals surface area (Å²) in [6.07, 6.45) is 5.89. The van der Waals surface area contributed by atoms with Crippen LogP contribution in [0.25, 0.3) is 15.7 Å². The highest BCUT2D eigenvalue weighted by molar-refractivity contribution is 7.17. The number of hydrogen-bond acceptors (Lipinski definition) is 3. The number of allylic oxidation sites excluding steroid dienone is 3. The van der Waals surface area contributed by atoms with E-state index in [0.29, 0.717) is 29.8 Å². The van der Waals surface area contributed by atoms with Crippen LogP contribution < -0.4 is 0 Å². The molecule has 1 atom stereocenters. The second-order valence-corrected chi connectivity index (χ2v) is 10.8. The molecule has 1 unspecified atom stereocenters. The third kappa shape index (κ3) is 3.83. The Morgan fingerprint density at radius 3 is 2.69 bits per heavy atom. The number of hydrogen-bond donors (Lipinski definition) is 0. The minimum atomic E-state index is 0.0869. The zero-order valence-corrected chi connectivity index (χ0v) is 20.8. The number of piperidine rings is 1. The molecule has 0 saturated carbocycles. The maximum atomic E-state index is 13.6. The first-order valence-electron chi connectivity index (χ1n) is 11.8. The van der Waals surface area contributed by atoms with E-state index < -0.39 is 0 Å². The lowest BCUT2D eigenvalue weighted by molar-refractivity contribution is -0.134. The zero-order valence-electron chi connectivity index (χ0n) is 20.0. The van der Waals surface area contributed by atoms with Gasteiger partial charge in [-0.3, -0.25) is 4.79 Å². The molecule has 2 aromatic rings. The first kappa shape index (κ1) is 22.8. The maximum Gasteiger partial charge on any atom is 0.257 e. The number of carbonyl (C=O) groups is 1. The Hall–Kier alpha value is -2.33. The van der Waals surface area contributed by atoms with Crippen LogP contribution in [0.2, 0.25) is 0 Å². The Balaban J connectivity index is 1.66. The predicted molar refractivity (Wildman–Crippen MR) is 135 cm³/mol. The Labute approximate surface area is 196 Å². The first-order valence-corrected chi connectivity index (χ1v) is 12.6. The van der Waals surface area contributed by atoms with Crippen LogP contribution in [0.5, 0.6) is 0 Å². The summed E-state index contributed by atoms with van der Waals surface area (Å²) in [5, 5.41) is 3.29. The fraction of sp³-hybridized carbons (Fsp3) is 0.464. The van der Waals surface area contributed by atoms with E-state index >= 15 is 0 Å². The van der Waals surface area contributed by atoms with Crippen LogP contribution in [-0.4, -0.2) is 30.0 Å². The molecular formula is C28H35NO2S. The molecule has 2 fully saturated rings. The molecule has 170 valence electrons. The minimum Gasteiger partial charge on any atom is -0.491 e. The van der Waals surface area contributed by atoms with Gasteiger partial charge in [0, 0.05) is 16.6 Å². The molecule has 32 heavy (non-hydrogen) atoms. The lowest BCUT2D eigenvalue weighted by atomic mass is 9.61. The molecule has 2 saturated heterocycles. The molecule has 0 bridgehead atoms. The van der Waals surface area contributed by atoms with Crippen LogP contribution in [0, 0.1) is 17.3 Å². The third-order valence-electron chi connectivity index (χ3n) is 7.80. The van der Waals surface area contributed by atoms with Crippen LogP contribution in [0.4, 0.5) is 0 Å². The summed E-state index contributed by atoms with van der Waals surface area (Å²) in [6.45, 7) is 16.9. The van der Waals surface area contributed by atoms with E-state index in [1.165, 1.54) is 10.1 Å². The van der Waals surface area contributed by atoms with Gasteiger partial charge in [0.15, 0.2) is 0 Å². The number of nitrogens with zero attached hydrogens (tertiary/aromatic N) is 1. The molecule has 2 aliphatic rings. The van der Waals surface area contributed by atoms with Crippen molar-refractivity contribution >= 4 is 32.9 Å². The van der Waals surface area contributed by atoms with Crippen molar-refractivity contribution < 1.29 is 9.53 Å². The van der Waals surface area contributed by atoms with Crippen LogP contribution in [0.3, 0.4) is 0 Å². The van der Waals surface area contributed by atoms with E-state index in [4.69, 9.17) is 4.74 Å². The van der Waals surface area contributed by atoms with Crippen molar-refractivity contribution in [2.24, 2.45) is 17.3 Å². The van der Waals surface area contributed by atoms with Gasteiger partial charge in [0.1, 0.15) is 12.4 Å². The van der Waals surface area contributed by atoms with Gasteiger partial charge in [-0.2, -0.15) is 0 Å². The van der Waals surface area contributed by atoms with Gasteiger partial charge in [-0.05, 0) is 71.7 Å². The van der Waals surface area contributed by atoms with Gasteiger partial charge in [-0.15, -0.1) is 11.3 Å². The summed E-state index contributed by atoms with van der Waals surface area (Å²) < 4.78 is 7.59. The molecule has 2 aliphatic heterocycles. The fourth-order valence-electron chi connectivity index (χ4n) is 5.71. The highest BCUT2D eigenvalue weighted by Gasteiger charge is 2.47. The van der Waals surface area contributed by atoms with Crippen molar-refractivity contribution in [2.45, 2.75) is 53.5 Å². The fourth-order valence-corrected chi connectivity index (χ4v) is 6.53. The normalized spacial score (nSPS) is 23.7. The van der Waals surface area contributed by atoms with E-state index in [0.717, 1.165) is 30.5 Å². The number of fused-ring (bicyclic) bond motifs is 2. The zero-order chi connectivity index (χ0) is 23.0. The topological polar surface area (TPSA) is 29.5 Å². The summed E-state index contributed by atoms with van der Waals surface area (Å²) in [4.78, 5) is 15.6. The van der Waals surface area contributed by atoms with Gasteiger partial charge >= 0.3 is 0 Å². The number of amides is 1. The van der Waals surface area contributed by atoms with Gasteiger partial charge in [0.25, 0.3) is 5.91 Å². The van der Waals surface area contributed by atoms with Crippen LogP contribution in [0.15, 0.2) is 59.7 Å². The van der Waals surface area contributed by atoms with Crippen molar-refractivity contribution in [2.75, 3.05) is 13.2 Å². The highest BCUT2D eigenvalue weighted by Crippen LogP contribution is 2.48. The number of carbonyl (C=O) groups excluding carboxylic acids is 1. The first-order chi connectivity index (χ1) is 15.3. The van der Waals surface area contributed by atoms with E-state index in [9.17, 15) is 4.79 Å². The Morgan fingerprint density at radius 2 is 2.00 bits per heavy atom. The summed E-state index contributed by atoms with van der Waals surface area (Å²) in [7, 11) is 0.